The second-order valence-corrected chi connectivity index (χ2v) is 0.803. The number of rotatable bonds is 0. The van der Waals surface area contributed by atoms with Crippen LogP contribution in [0.3, 0.4) is 0 Å². The first-order chi connectivity index (χ1) is 2.94. The molecule has 0 aromatic rings. The van der Waals surface area contributed by atoms with Crippen LogP contribution < -0.4 is 0 Å². The number of alkyl halides is 3. The summed E-state index contributed by atoms with van der Waals surface area (Å²) in [7, 11) is 0. The fourth-order valence-corrected chi connectivity index (χ4v) is 0. The third-order valence-electron chi connectivity index (χ3n) is 0.243. The normalized spacial score (nSPS) is 9.88. The maximum absolute atomic E-state index is 10.6. The summed E-state index contributed by atoms with van der Waals surface area (Å²) >= 11 is 0. The SMILES string of the molecule is O=C(O)C(F)(F)F.[SrH2]. The van der Waals surface area contributed by atoms with Crippen LogP contribution in [0.4, 0.5) is 13.2 Å². The van der Waals surface area contributed by atoms with E-state index in [4.69, 9.17) is 9.90 Å². The summed E-state index contributed by atoms with van der Waals surface area (Å²) in [6.45, 7) is 0. The van der Waals surface area contributed by atoms with Crippen molar-refractivity contribution in [3.05, 3.63) is 0 Å². The van der Waals surface area contributed by atoms with E-state index in [1.165, 1.54) is 0 Å². The number of hydrogen-bond donors (Lipinski definition) is 1. The van der Waals surface area contributed by atoms with Crippen molar-refractivity contribution < 1.29 is 23.1 Å². The molecule has 0 fully saturated rings. The van der Waals surface area contributed by atoms with Gasteiger partial charge in [-0.3, -0.25) is 0 Å². The molecule has 0 amide bonds. The van der Waals surface area contributed by atoms with Crippen LogP contribution in [-0.2, 0) is 4.79 Å². The van der Waals surface area contributed by atoms with E-state index in [9.17, 15) is 13.2 Å². The van der Waals surface area contributed by atoms with Crippen LogP contribution in [0.1, 0.15) is 0 Å². The molecule has 0 atom stereocenters. The van der Waals surface area contributed by atoms with Gasteiger partial charge in [0, 0.05) is 0 Å². The van der Waals surface area contributed by atoms with Gasteiger partial charge < -0.3 is 5.11 Å². The van der Waals surface area contributed by atoms with Crippen molar-refractivity contribution >= 4 is 51.5 Å². The number of aliphatic carboxylic acids is 1. The van der Waals surface area contributed by atoms with Gasteiger partial charge in [0.25, 0.3) is 0 Å². The van der Waals surface area contributed by atoms with Crippen molar-refractivity contribution in [3.63, 3.8) is 0 Å². The molecule has 0 unspecified atom stereocenters. The Labute approximate surface area is 79.9 Å². The first-order valence-electron chi connectivity index (χ1n) is 1.24. The summed E-state index contributed by atoms with van der Waals surface area (Å²) < 4.78 is 31.7. The van der Waals surface area contributed by atoms with Crippen molar-refractivity contribution in [1.82, 2.24) is 0 Å². The number of carboxylic acids is 1. The van der Waals surface area contributed by atoms with Crippen molar-refractivity contribution in [3.8, 4) is 0 Å². The summed E-state index contributed by atoms with van der Waals surface area (Å²) in [6, 6.07) is 0. The van der Waals surface area contributed by atoms with Gasteiger partial charge in [-0.05, 0) is 0 Å². The Hall–Kier alpha value is 0.741. The number of carboxylic acid groups (broad SMARTS) is 1. The molecule has 0 spiro atoms. The van der Waals surface area contributed by atoms with E-state index in [2.05, 4.69) is 0 Å². The second kappa shape index (κ2) is 3.71. The van der Waals surface area contributed by atoms with Gasteiger partial charge in [0.1, 0.15) is 0 Å². The topological polar surface area (TPSA) is 37.3 Å². The van der Waals surface area contributed by atoms with Crippen LogP contribution >= 0.6 is 0 Å². The zero-order valence-electron chi connectivity index (χ0n) is 2.99. The number of hydrogen-bond acceptors (Lipinski definition) is 1. The predicted molar refractivity (Wildman–Crippen MR) is 22.2 cm³/mol. The third kappa shape index (κ3) is 4.89. The molecular formula is C2H3F3O2Sr. The Morgan fingerprint density at radius 2 is 1.50 bits per heavy atom. The Bertz CT molecular complexity index is 87.8. The van der Waals surface area contributed by atoms with Crippen LogP contribution in [-0.4, -0.2) is 62.7 Å². The molecule has 0 saturated carbocycles. The molecule has 0 aliphatic heterocycles. The molecule has 0 rings (SSSR count). The van der Waals surface area contributed by atoms with E-state index >= 15 is 0 Å². The summed E-state index contributed by atoms with van der Waals surface area (Å²) in [5, 5.41) is 7.12. The Morgan fingerprint density at radius 3 is 1.50 bits per heavy atom. The van der Waals surface area contributed by atoms with Crippen molar-refractivity contribution in [2.75, 3.05) is 0 Å². The Kier molecular flexibility index (Phi) is 5.34. The van der Waals surface area contributed by atoms with Crippen LogP contribution in [0.25, 0.3) is 0 Å². The molecule has 0 aromatic heterocycles. The van der Waals surface area contributed by atoms with Gasteiger partial charge in [0.15, 0.2) is 0 Å². The monoisotopic (exact) mass is 204 g/mol. The second-order valence-electron chi connectivity index (χ2n) is 0.803. The molecule has 8 heavy (non-hydrogen) atoms. The quantitative estimate of drug-likeness (QED) is 0.550. The molecule has 1 N–H and O–H groups in total. The van der Waals surface area contributed by atoms with E-state index in [1.807, 2.05) is 0 Å². The molecular weight excluding hydrogens is 201 g/mol. The first kappa shape index (κ1) is 11.5. The third-order valence-corrected chi connectivity index (χ3v) is 0.243. The first-order valence-corrected chi connectivity index (χ1v) is 1.24. The molecule has 6 heteroatoms. The minimum absolute atomic E-state index is 0. The molecule has 0 radical (unpaired) electrons. The van der Waals surface area contributed by atoms with Crippen LogP contribution in [0.5, 0.6) is 0 Å². The van der Waals surface area contributed by atoms with Crippen LogP contribution in [0, 0.1) is 0 Å². The van der Waals surface area contributed by atoms with Crippen LogP contribution in [0.2, 0.25) is 0 Å². The minimum atomic E-state index is -5.08. The van der Waals surface area contributed by atoms with Crippen LogP contribution in [0.15, 0.2) is 0 Å². The summed E-state index contributed by atoms with van der Waals surface area (Å²) in [5.74, 6) is -2.76. The van der Waals surface area contributed by atoms with Gasteiger partial charge in [0.05, 0.1) is 0 Å². The van der Waals surface area contributed by atoms with Gasteiger partial charge in [-0.1, -0.05) is 0 Å². The van der Waals surface area contributed by atoms with Gasteiger partial charge in [-0.15, -0.1) is 0 Å². The molecule has 0 saturated heterocycles. The number of halogens is 3. The fourth-order valence-electron chi connectivity index (χ4n) is 0. The molecule has 0 heterocycles. The zero-order chi connectivity index (χ0) is 6.08. The molecule has 0 aromatic carbocycles. The summed E-state index contributed by atoms with van der Waals surface area (Å²) in [6.07, 6.45) is -5.08. The van der Waals surface area contributed by atoms with E-state index in [0.717, 1.165) is 0 Å². The predicted octanol–water partition coefficient (Wildman–Crippen LogP) is -0.283. The van der Waals surface area contributed by atoms with Gasteiger partial charge in [0.2, 0.25) is 0 Å². The summed E-state index contributed by atoms with van der Waals surface area (Å²) in [4.78, 5) is 8.90. The molecule has 0 aliphatic rings. The standard InChI is InChI=1S/C2HF3O2.Sr.2H/c3-2(4,5)1(6)7;;;/h(H,6,7);;;. The molecule has 2 nitrogen and oxygen atoms in total. The van der Waals surface area contributed by atoms with Crippen molar-refractivity contribution in [1.29, 1.82) is 0 Å². The van der Waals surface area contributed by atoms with E-state index in [0.29, 0.717) is 0 Å². The average Bonchev–Trinajstić information content (AvgIpc) is 1.31. The Balaban J connectivity index is 0. The summed E-state index contributed by atoms with van der Waals surface area (Å²) in [5.41, 5.74) is 0. The average molecular weight is 204 g/mol. The van der Waals surface area contributed by atoms with Crippen molar-refractivity contribution in [2.24, 2.45) is 0 Å². The van der Waals surface area contributed by atoms with E-state index in [1.54, 1.807) is 0 Å². The van der Waals surface area contributed by atoms with E-state index in [-0.39, 0.29) is 45.5 Å². The van der Waals surface area contributed by atoms with Gasteiger partial charge in [-0.2, -0.15) is 13.2 Å². The fraction of sp³-hybridized carbons (Fsp3) is 0.500. The molecule has 0 aliphatic carbocycles. The maximum atomic E-state index is 10.6. The Morgan fingerprint density at radius 1 is 1.38 bits per heavy atom. The van der Waals surface area contributed by atoms with Gasteiger partial charge in [-0.25, -0.2) is 4.79 Å². The van der Waals surface area contributed by atoms with Gasteiger partial charge >= 0.3 is 57.6 Å². The number of carbonyl (C=O) groups is 1. The zero-order valence-corrected chi connectivity index (χ0v) is 2.99. The van der Waals surface area contributed by atoms with Crippen molar-refractivity contribution in [2.45, 2.75) is 6.18 Å². The molecule has 46 valence electrons. The molecule has 0 bridgehead atoms. The van der Waals surface area contributed by atoms with E-state index < -0.39 is 12.1 Å².